The van der Waals surface area contributed by atoms with Gasteiger partial charge in [0.25, 0.3) is 0 Å². The van der Waals surface area contributed by atoms with Crippen molar-refractivity contribution in [2.75, 3.05) is 0 Å². The molecule has 1 aliphatic carbocycles. The zero-order valence-corrected chi connectivity index (χ0v) is 12.3. The number of benzene rings is 1. The van der Waals surface area contributed by atoms with Gasteiger partial charge < -0.3 is 4.74 Å². The number of aryl methyl sites for hydroxylation is 1. The van der Waals surface area contributed by atoms with Gasteiger partial charge in [-0.3, -0.25) is 4.79 Å². The van der Waals surface area contributed by atoms with Crippen LogP contribution in [0.4, 0.5) is 0 Å². The Morgan fingerprint density at radius 2 is 1.90 bits per heavy atom. The number of hydrogen-bond donors (Lipinski definition) is 0. The highest BCUT2D eigenvalue weighted by Crippen LogP contribution is 2.34. The van der Waals surface area contributed by atoms with E-state index >= 15 is 0 Å². The van der Waals surface area contributed by atoms with Crippen LogP contribution in [0.1, 0.15) is 56.1 Å². The molecule has 20 heavy (non-hydrogen) atoms. The van der Waals surface area contributed by atoms with Crippen LogP contribution in [-0.4, -0.2) is 12.1 Å². The summed E-state index contributed by atoms with van der Waals surface area (Å²) in [6, 6.07) is 8.97. The van der Waals surface area contributed by atoms with E-state index in [2.05, 4.69) is 37.8 Å². The Bertz CT molecular complexity index is 439. The molecule has 1 fully saturated rings. The fourth-order valence-electron chi connectivity index (χ4n) is 2.89. The maximum absolute atomic E-state index is 11.4. The first-order chi connectivity index (χ1) is 9.72. The van der Waals surface area contributed by atoms with Gasteiger partial charge in [-0.25, -0.2) is 0 Å². The fraction of sp³-hybridized carbons (Fsp3) is 0.500. The maximum atomic E-state index is 11.4. The van der Waals surface area contributed by atoms with Crippen molar-refractivity contribution in [1.82, 2.24) is 0 Å². The van der Waals surface area contributed by atoms with Crippen molar-refractivity contribution >= 4 is 5.97 Å². The Hall–Kier alpha value is -1.57. The third-order valence-electron chi connectivity index (χ3n) is 4.14. The molecule has 1 aromatic rings. The second kappa shape index (κ2) is 7.28. The van der Waals surface area contributed by atoms with E-state index in [1.807, 2.05) is 0 Å². The average Bonchev–Trinajstić information content (AvgIpc) is 2.48. The summed E-state index contributed by atoms with van der Waals surface area (Å²) in [6.07, 6.45) is 7.28. The molecule has 108 valence electrons. The van der Waals surface area contributed by atoms with Crippen LogP contribution in [0.3, 0.4) is 0 Å². The summed E-state index contributed by atoms with van der Waals surface area (Å²) >= 11 is 0. The van der Waals surface area contributed by atoms with Crippen LogP contribution in [0.5, 0.6) is 0 Å². The number of carbonyl (C=O) groups excluding carboxylic acids is 1. The van der Waals surface area contributed by atoms with E-state index in [1.165, 1.54) is 11.1 Å². The molecule has 2 nitrogen and oxygen atoms in total. The monoisotopic (exact) mass is 272 g/mol. The number of hydrogen-bond acceptors (Lipinski definition) is 2. The van der Waals surface area contributed by atoms with Gasteiger partial charge >= 0.3 is 5.97 Å². The lowest BCUT2D eigenvalue weighted by Gasteiger charge is -2.28. The van der Waals surface area contributed by atoms with Gasteiger partial charge in [0, 0.05) is 0 Å². The summed E-state index contributed by atoms with van der Waals surface area (Å²) in [6.45, 7) is 5.74. The topological polar surface area (TPSA) is 26.3 Å². The Morgan fingerprint density at radius 1 is 1.25 bits per heavy atom. The summed E-state index contributed by atoms with van der Waals surface area (Å²) < 4.78 is 5.44. The van der Waals surface area contributed by atoms with Crippen molar-refractivity contribution in [3.05, 3.63) is 48.0 Å². The number of rotatable bonds is 5. The van der Waals surface area contributed by atoms with E-state index in [0.29, 0.717) is 12.3 Å². The molecule has 1 aliphatic rings. The molecule has 0 radical (unpaired) electrons. The molecule has 0 saturated heterocycles. The molecular weight excluding hydrogens is 248 g/mol. The molecule has 2 heteroatoms. The van der Waals surface area contributed by atoms with E-state index in [9.17, 15) is 4.79 Å². The normalized spacial score (nSPS) is 22.2. The molecule has 0 unspecified atom stereocenters. The molecule has 0 amide bonds. The van der Waals surface area contributed by atoms with E-state index < -0.39 is 0 Å². The minimum Gasteiger partial charge on any atom is -0.462 e. The van der Waals surface area contributed by atoms with Crippen LogP contribution >= 0.6 is 0 Å². The van der Waals surface area contributed by atoms with Crippen LogP contribution in [0.2, 0.25) is 0 Å². The van der Waals surface area contributed by atoms with E-state index in [4.69, 9.17) is 4.74 Å². The molecule has 0 heterocycles. The zero-order chi connectivity index (χ0) is 14.4. The maximum Gasteiger partial charge on any atom is 0.309 e. The highest BCUT2D eigenvalue weighted by Gasteiger charge is 2.24. The van der Waals surface area contributed by atoms with Crippen molar-refractivity contribution in [1.29, 1.82) is 0 Å². The average molecular weight is 272 g/mol. The first kappa shape index (κ1) is 14.8. The number of ether oxygens (including phenoxy) is 1. The standard InChI is InChI=1S/C18H24O2/c1-3-5-18(19)20-17-12-10-16(11-13-17)15-8-6-14(4-2)7-9-15/h3,6-9,16-17H,1,4-5,10-13H2,2H3. The smallest absolute Gasteiger partial charge is 0.309 e. The van der Waals surface area contributed by atoms with Crippen molar-refractivity contribution in [2.45, 2.75) is 57.5 Å². The van der Waals surface area contributed by atoms with Gasteiger partial charge in [0.15, 0.2) is 0 Å². The number of esters is 1. The minimum absolute atomic E-state index is 0.105. The lowest BCUT2D eigenvalue weighted by atomic mass is 9.82. The second-order valence-corrected chi connectivity index (χ2v) is 5.55. The largest absolute Gasteiger partial charge is 0.462 e. The molecular formula is C18H24O2. The Kier molecular flexibility index (Phi) is 5.40. The molecule has 0 aromatic heterocycles. The molecule has 0 bridgehead atoms. The third-order valence-corrected chi connectivity index (χ3v) is 4.14. The highest BCUT2D eigenvalue weighted by atomic mass is 16.5. The van der Waals surface area contributed by atoms with Gasteiger partial charge in [-0.05, 0) is 49.1 Å². The van der Waals surface area contributed by atoms with Crippen LogP contribution < -0.4 is 0 Å². The van der Waals surface area contributed by atoms with Gasteiger partial charge in [0.05, 0.1) is 6.42 Å². The van der Waals surface area contributed by atoms with Crippen LogP contribution in [0.15, 0.2) is 36.9 Å². The van der Waals surface area contributed by atoms with Crippen molar-refractivity contribution in [2.24, 2.45) is 0 Å². The predicted octanol–water partition coefficient (Wildman–Crippen LogP) is 4.39. The molecule has 0 aliphatic heterocycles. The third kappa shape index (κ3) is 3.96. The quantitative estimate of drug-likeness (QED) is 0.587. The SMILES string of the molecule is C=CCC(=O)OC1CCC(c2ccc(CC)cc2)CC1. The zero-order valence-electron chi connectivity index (χ0n) is 12.3. The lowest BCUT2D eigenvalue weighted by Crippen LogP contribution is -2.23. The second-order valence-electron chi connectivity index (χ2n) is 5.55. The van der Waals surface area contributed by atoms with Crippen LogP contribution in [-0.2, 0) is 16.0 Å². The highest BCUT2D eigenvalue weighted by molar-refractivity contribution is 5.71. The van der Waals surface area contributed by atoms with Crippen molar-refractivity contribution in [3.8, 4) is 0 Å². The minimum atomic E-state index is -0.143. The molecule has 0 spiro atoms. The van der Waals surface area contributed by atoms with E-state index in [1.54, 1.807) is 6.08 Å². The Balaban J connectivity index is 1.84. The van der Waals surface area contributed by atoms with E-state index in [-0.39, 0.29) is 12.1 Å². The first-order valence-electron chi connectivity index (χ1n) is 7.62. The van der Waals surface area contributed by atoms with Crippen LogP contribution in [0.25, 0.3) is 0 Å². The molecule has 1 aromatic carbocycles. The van der Waals surface area contributed by atoms with E-state index in [0.717, 1.165) is 32.1 Å². The van der Waals surface area contributed by atoms with Gasteiger partial charge in [-0.2, -0.15) is 0 Å². The lowest BCUT2D eigenvalue weighted by molar-refractivity contribution is -0.149. The van der Waals surface area contributed by atoms with Gasteiger partial charge in [-0.1, -0.05) is 37.3 Å². The summed E-state index contributed by atoms with van der Waals surface area (Å²) in [5, 5.41) is 0. The van der Waals surface area contributed by atoms with Gasteiger partial charge in [-0.15, -0.1) is 6.58 Å². The van der Waals surface area contributed by atoms with Crippen LogP contribution in [0, 0.1) is 0 Å². The van der Waals surface area contributed by atoms with Crippen molar-refractivity contribution < 1.29 is 9.53 Å². The first-order valence-corrected chi connectivity index (χ1v) is 7.62. The molecule has 2 rings (SSSR count). The summed E-state index contributed by atoms with van der Waals surface area (Å²) in [5.41, 5.74) is 2.82. The molecule has 1 saturated carbocycles. The molecule has 0 atom stereocenters. The Morgan fingerprint density at radius 3 is 2.45 bits per heavy atom. The predicted molar refractivity (Wildman–Crippen MR) is 81.7 cm³/mol. The molecule has 0 N–H and O–H groups in total. The number of carbonyl (C=O) groups is 1. The van der Waals surface area contributed by atoms with Gasteiger partial charge in [0.2, 0.25) is 0 Å². The fourth-order valence-corrected chi connectivity index (χ4v) is 2.89. The summed E-state index contributed by atoms with van der Waals surface area (Å²) in [5.74, 6) is 0.478. The summed E-state index contributed by atoms with van der Waals surface area (Å²) in [7, 11) is 0. The summed E-state index contributed by atoms with van der Waals surface area (Å²) in [4.78, 5) is 11.4. The van der Waals surface area contributed by atoms with Gasteiger partial charge in [0.1, 0.15) is 6.10 Å². The van der Waals surface area contributed by atoms with Crippen molar-refractivity contribution in [3.63, 3.8) is 0 Å². The Labute approximate surface area is 121 Å².